The zero-order valence-corrected chi connectivity index (χ0v) is 23.8. The van der Waals surface area contributed by atoms with Crippen molar-refractivity contribution in [3.05, 3.63) is 42.5 Å². The van der Waals surface area contributed by atoms with E-state index in [1.165, 1.54) is 0 Å². The van der Waals surface area contributed by atoms with Crippen molar-refractivity contribution in [1.82, 2.24) is 0 Å². The summed E-state index contributed by atoms with van der Waals surface area (Å²) in [5.74, 6) is -1.01. The summed E-state index contributed by atoms with van der Waals surface area (Å²) in [7, 11) is -6.22. The number of nitrogen functional groups attached to an aromatic ring is 1. The molecule has 33 heavy (non-hydrogen) atoms. The van der Waals surface area contributed by atoms with Crippen LogP contribution in [0.15, 0.2) is 62.5 Å². The number of azo groups is 1. The SMILES string of the molecule is CN(C)c1ccc(N=Nc2c(S(=O)(=O)O)cc3cc(S(=O)(=O)[O-])cc(N)c3c2[O-])cc1.[Na+].[Na+]. The van der Waals surface area contributed by atoms with Crippen molar-refractivity contribution in [2.45, 2.75) is 9.79 Å². The Hall–Kier alpha value is -1.26. The van der Waals surface area contributed by atoms with Gasteiger partial charge < -0.3 is 20.3 Å². The molecule has 15 heteroatoms. The van der Waals surface area contributed by atoms with Gasteiger partial charge in [-0.25, -0.2) is 8.42 Å². The normalized spacial score (nSPS) is 11.8. The Kier molecular flexibility index (Phi) is 9.91. The van der Waals surface area contributed by atoms with Gasteiger partial charge in [-0.1, -0.05) is 5.75 Å². The molecule has 3 aromatic carbocycles. The molecule has 0 heterocycles. The quantitative estimate of drug-likeness (QED) is 0.150. The molecule has 0 radical (unpaired) electrons. The van der Waals surface area contributed by atoms with Gasteiger partial charge in [-0.3, -0.25) is 4.55 Å². The van der Waals surface area contributed by atoms with Gasteiger partial charge in [0.05, 0.1) is 16.3 Å². The maximum Gasteiger partial charge on any atom is 1.00 e. The second kappa shape index (κ2) is 11.0. The van der Waals surface area contributed by atoms with Gasteiger partial charge in [0.15, 0.2) is 0 Å². The Morgan fingerprint density at radius 3 is 2.03 bits per heavy atom. The van der Waals surface area contributed by atoms with Gasteiger partial charge in [-0.2, -0.15) is 13.5 Å². The summed E-state index contributed by atoms with van der Waals surface area (Å²) in [5, 5.41) is 19.9. The van der Waals surface area contributed by atoms with E-state index in [2.05, 4.69) is 10.2 Å². The van der Waals surface area contributed by atoms with Gasteiger partial charge in [-0.05, 0) is 53.2 Å². The van der Waals surface area contributed by atoms with Crippen LogP contribution in [0.2, 0.25) is 0 Å². The Morgan fingerprint density at radius 1 is 0.970 bits per heavy atom. The fourth-order valence-electron chi connectivity index (χ4n) is 2.84. The molecule has 164 valence electrons. The first-order chi connectivity index (χ1) is 14.3. The second-order valence-electron chi connectivity index (χ2n) is 6.70. The summed E-state index contributed by atoms with van der Waals surface area (Å²) < 4.78 is 67.1. The molecule has 11 nitrogen and oxygen atoms in total. The molecule has 0 spiro atoms. The smallest absolute Gasteiger partial charge is 0.870 e. The number of hydrogen-bond donors (Lipinski definition) is 2. The van der Waals surface area contributed by atoms with E-state index in [4.69, 9.17) is 5.73 Å². The molecule has 0 amide bonds. The van der Waals surface area contributed by atoms with Crippen LogP contribution in [-0.2, 0) is 20.2 Å². The van der Waals surface area contributed by atoms with Crippen molar-refractivity contribution < 1.29 is 90.2 Å². The third kappa shape index (κ3) is 6.66. The maximum absolute atomic E-state index is 12.9. The van der Waals surface area contributed by atoms with Crippen molar-refractivity contribution in [2.75, 3.05) is 24.7 Å². The van der Waals surface area contributed by atoms with Crippen LogP contribution in [0, 0.1) is 0 Å². The summed E-state index contributed by atoms with van der Waals surface area (Å²) >= 11 is 0. The van der Waals surface area contributed by atoms with E-state index in [0.29, 0.717) is 5.69 Å². The van der Waals surface area contributed by atoms with E-state index in [9.17, 15) is 31.0 Å². The predicted molar refractivity (Wildman–Crippen MR) is 111 cm³/mol. The standard InChI is InChI=1S/C18H18N4O7S2.2Na/c1-22(2)12-5-3-11(4-6-12)20-21-17-15(31(27,28)29)8-10-7-13(30(24,25)26)9-14(19)16(10)18(17)23;;/h3-9,23H,19H2,1-2H3,(H,24,25,26)(H,27,28,29);;/q;2*+1/p-2. The second-order valence-corrected chi connectivity index (χ2v) is 9.47. The number of benzene rings is 3. The van der Waals surface area contributed by atoms with E-state index >= 15 is 0 Å². The molecule has 0 saturated carbocycles. The molecule has 3 rings (SSSR count). The minimum Gasteiger partial charge on any atom is -0.870 e. The number of anilines is 2. The number of nitrogens with zero attached hydrogens (tertiary/aromatic N) is 3. The monoisotopic (exact) mass is 510 g/mol. The van der Waals surface area contributed by atoms with Crippen LogP contribution in [0.1, 0.15) is 0 Å². The fraction of sp³-hybridized carbons (Fsp3) is 0.111. The summed E-state index contributed by atoms with van der Waals surface area (Å²) in [6, 6.07) is 9.00. The minimum absolute atomic E-state index is 0. The Morgan fingerprint density at radius 2 is 1.55 bits per heavy atom. The molecule has 0 aromatic heterocycles. The van der Waals surface area contributed by atoms with Crippen molar-refractivity contribution in [3.63, 3.8) is 0 Å². The Bertz CT molecular complexity index is 1430. The topological polar surface area (TPSA) is 189 Å². The van der Waals surface area contributed by atoms with Crippen LogP contribution in [0.3, 0.4) is 0 Å². The van der Waals surface area contributed by atoms with Crippen LogP contribution in [0.25, 0.3) is 10.8 Å². The molecule has 0 atom stereocenters. The zero-order chi connectivity index (χ0) is 23.1. The molecule has 3 N–H and O–H groups in total. The van der Waals surface area contributed by atoms with E-state index < -0.39 is 41.5 Å². The molecule has 3 aromatic rings. The van der Waals surface area contributed by atoms with Crippen LogP contribution in [0.4, 0.5) is 22.7 Å². The van der Waals surface area contributed by atoms with Crippen LogP contribution >= 0.6 is 0 Å². The maximum atomic E-state index is 12.9. The van der Waals surface area contributed by atoms with Gasteiger partial charge >= 0.3 is 59.1 Å². The average Bonchev–Trinajstić information content (AvgIpc) is 2.65. The molecule has 0 aliphatic carbocycles. The minimum atomic E-state index is -4.96. The summed E-state index contributed by atoms with van der Waals surface area (Å²) in [5.41, 5.74) is 5.82. The van der Waals surface area contributed by atoms with E-state index in [-0.39, 0.29) is 75.6 Å². The first kappa shape index (κ1) is 29.8. The first-order valence-electron chi connectivity index (χ1n) is 8.49. The van der Waals surface area contributed by atoms with Crippen LogP contribution < -0.4 is 74.9 Å². The predicted octanol–water partition coefficient (Wildman–Crippen LogP) is -3.86. The number of fused-ring (bicyclic) bond motifs is 1. The van der Waals surface area contributed by atoms with Crippen LogP contribution in [-0.4, -0.2) is 40.0 Å². The van der Waals surface area contributed by atoms with Gasteiger partial charge in [-0.15, -0.1) is 5.11 Å². The van der Waals surface area contributed by atoms with Gasteiger partial charge in [0.1, 0.15) is 15.0 Å². The van der Waals surface area contributed by atoms with Gasteiger partial charge in [0, 0.05) is 25.5 Å². The number of nitrogens with two attached hydrogens (primary N) is 1. The summed E-state index contributed by atoms with van der Waals surface area (Å²) in [6.07, 6.45) is 0. The van der Waals surface area contributed by atoms with E-state index in [1.807, 2.05) is 19.0 Å². The van der Waals surface area contributed by atoms with Gasteiger partial charge in [0.25, 0.3) is 10.1 Å². The van der Waals surface area contributed by atoms with Crippen LogP contribution in [0.5, 0.6) is 5.75 Å². The first-order valence-corrected chi connectivity index (χ1v) is 11.3. The fourth-order valence-corrected chi connectivity index (χ4v) is 4.03. The Labute approximate surface area is 234 Å². The Balaban J connectivity index is 0.00000272. The van der Waals surface area contributed by atoms with E-state index in [0.717, 1.165) is 23.9 Å². The molecule has 0 saturated heterocycles. The number of hydrogen-bond acceptors (Lipinski definition) is 10. The summed E-state index contributed by atoms with van der Waals surface area (Å²) in [6.45, 7) is 0. The molecule has 0 fully saturated rings. The third-order valence-electron chi connectivity index (χ3n) is 4.33. The molecule has 0 unspecified atom stereocenters. The molecule has 0 aliphatic rings. The zero-order valence-electron chi connectivity index (χ0n) is 18.2. The van der Waals surface area contributed by atoms with E-state index in [1.54, 1.807) is 24.3 Å². The number of rotatable bonds is 5. The third-order valence-corrected chi connectivity index (χ3v) is 6.01. The molecular formula is C18H16N4Na2O7S2. The summed E-state index contributed by atoms with van der Waals surface area (Å²) in [4.78, 5) is 0.183. The van der Waals surface area contributed by atoms with Crippen molar-refractivity contribution >= 4 is 53.8 Å². The van der Waals surface area contributed by atoms with Crippen molar-refractivity contribution in [2.24, 2.45) is 10.2 Å². The molecule has 0 bridgehead atoms. The largest absolute Gasteiger partial charge is 1.00 e. The average molecular weight is 510 g/mol. The van der Waals surface area contributed by atoms with Gasteiger partial charge in [0.2, 0.25) is 0 Å². The van der Waals surface area contributed by atoms with Crippen molar-refractivity contribution in [1.29, 1.82) is 0 Å². The van der Waals surface area contributed by atoms with Crippen molar-refractivity contribution in [3.8, 4) is 5.75 Å². The molecule has 0 aliphatic heterocycles. The molecular weight excluding hydrogens is 494 g/mol.